The summed E-state index contributed by atoms with van der Waals surface area (Å²) in [6, 6.07) is 3.75. The summed E-state index contributed by atoms with van der Waals surface area (Å²) in [5, 5.41) is 2.59. The molecule has 2 amide bonds. The Kier molecular flexibility index (Phi) is 8.90. The minimum atomic E-state index is -0.751. The van der Waals surface area contributed by atoms with Crippen molar-refractivity contribution in [3.8, 4) is 5.75 Å². The van der Waals surface area contributed by atoms with Gasteiger partial charge in [0, 0.05) is 13.1 Å². The average Bonchev–Trinajstić information content (AvgIpc) is 2.57. The molecule has 0 fully saturated rings. The Morgan fingerprint density at radius 1 is 1.24 bits per heavy atom. The summed E-state index contributed by atoms with van der Waals surface area (Å²) in [6.07, 6.45) is 0. The number of nitrogens with one attached hydrogen (secondary N) is 1. The molecule has 1 aromatic rings. The van der Waals surface area contributed by atoms with Crippen molar-refractivity contribution in [2.45, 2.75) is 13.8 Å². The van der Waals surface area contributed by atoms with Gasteiger partial charge in [0.25, 0.3) is 5.91 Å². The quantitative estimate of drug-likeness (QED) is 0.614. The molecule has 1 N–H and O–H groups in total. The van der Waals surface area contributed by atoms with Crippen LogP contribution in [0.25, 0.3) is 0 Å². The fourth-order valence-corrected chi connectivity index (χ4v) is 2.27. The molecule has 0 aromatic heterocycles. The van der Waals surface area contributed by atoms with Crippen LogP contribution >= 0.6 is 15.9 Å². The molecule has 9 heteroatoms. The zero-order valence-electron chi connectivity index (χ0n) is 14.0. The van der Waals surface area contributed by atoms with E-state index in [2.05, 4.69) is 21.2 Å². The molecule has 7 nitrogen and oxygen atoms in total. The number of carbonyl (C=O) groups is 3. The number of rotatable bonds is 9. The minimum absolute atomic E-state index is 0.0975. The summed E-state index contributed by atoms with van der Waals surface area (Å²) in [5.41, 5.74) is 0. The number of likely N-dealkylation sites (N-methyl/N-ethyl adjacent to an activating group) is 2. The lowest BCUT2D eigenvalue weighted by Gasteiger charge is -2.20. The summed E-state index contributed by atoms with van der Waals surface area (Å²) in [6.45, 7) is 3.26. The fourth-order valence-electron chi connectivity index (χ4n) is 1.81. The highest BCUT2D eigenvalue weighted by atomic mass is 79.9. The lowest BCUT2D eigenvalue weighted by atomic mass is 10.3. The Morgan fingerprint density at radius 3 is 2.56 bits per heavy atom. The molecule has 0 unspecified atom stereocenters. The Bertz CT molecular complexity index is 627. The third-order valence-electron chi connectivity index (χ3n) is 3.04. The lowest BCUT2D eigenvalue weighted by Crippen LogP contribution is -2.42. The maximum atomic E-state index is 13.0. The molecule has 25 heavy (non-hydrogen) atoms. The molecule has 0 spiro atoms. The number of nitrogens with zero attached hydrogens (tertiary/aromatic N) is 1. The first kappa shape index (κ1) is 20.9. The van der Waals surface area contributed by atoms with Gasteiger partial charge in [0.2, 0.25) is 5.91 Å². The van der Waals surface area contributed by atoms with Crippen LogP contribution in [0, 0.1) is 5.82 Å². The molecule has 0 aliphatic rings. The summed E-state index contributed by atoms with van der Waals surface area (Å²) in [4.78, 5) is 36.4. The van der Waals surface area contributed by atoms with Crippen molar-refractivity contribution in [2.75, 3.05) is 32.8 Å². The van der Waals surface area contributed by atoms with Gasteiger partial charge >= 0.3 is 5.97 Å². The molecule has 0 radical (unpaired) electrons. The zero-order chi connectivity index (χ0) is 18.8. The molecule has 0 saturated carbocycles. The van der Waals surface area contributed by atoms with Crippen LogP contribution in [-0.2, 0) is 19.1 Å². The van der Waals surface area contributed by atoms with Crippen molar-refractivity contribution < 1.29 is 28.2 Å². The second kappa shape index (κ2) is 10.7. The Morgan fingerprint density at radius 2 is 1.96 bits per heavy atom. The number of hydrogen-bond donors (Lipinski definition) is 1. The Balaban J connectivity index is 2.41. The molecule has 138 valence electrons. The van der Waals surface area contributed by atoms with E-state index in [9.17, 15) is 18.8 Å². The molecule has 1 rings (SSSR count). The van der Waals surface area contributed by atoms with Crippen molar-refractivity contribution in [3.63, 3.8) is 0 Å². The van der Waals surface area contributed by atoms with Crippen LogP contribution in [0.5, 0.6) is 5.75 Å². The van der Waals surface area contributed by atoms with Gasteiger partial charge < -0.3 is 19.7 Å². The summed E-state index contributed by atoms with van der Waals surface area (Å²) < 4.78 is 23.3. The fraction of sp³-hybridized carbons (Fsp3) is 0.438. The maximum absolute atomic E-state index is 13.0. The van der Waals surface area contributed by atoms with E-state index in [0.29, 0.717) is 17.6 Å². The van der Waals surface area contributed by atoms with Gasteiger partial charge in [-0.2, -0.15) is 0 Å². The van der Waals surface area contributed by atoms with Gasteiger partial charge in [-0.15, -0.1) is 0 Å². The van der Waals surface area contributed by atoms with E-state index in [1.165, 1.54) is 23.1 Å². The molecule has 1 aromatic carbocycles. The molecule has 0 atom stereocenters. The lowest BCUT2D eigenvalue weighted by molar-refractivity contribution is -0.154. The monoisotopic (exact) mass is 418 g/mol. The Hall–Kier alpha value is -2.16. The number of carbonyl (C=O) groups excluding carboxylic acids is 3. The van der Waals surface area contributed by atoms with Crippen LogP contribution in [-0.4, -0.2) is 55.5 Å². The number of ether oxygens (including phenoxy) is 2. The highest BCUT2D eigenvalue weighted by molar-refractivity contribution is 9.10. The van der Waals surface area contributed by atoms with Crippen molar-refractivity contribution in [1.82, 2.24) is 10.2 Å². The maximum Gasteiger partial charge on any atom is 0.344 e. The summed E-state index contributed by atoms with van der Waals surface area (Å²) >= 11 is 3.11. The number of hydrogen-bond acceptors (Lipinski definition) is 5. The number of benzene rings is 1. The molecule has 0 heterocycles. The molecule has 0 aliphatic heterocycles. The van der Waals surface area contributed by atoms with Gasteiger partial charge in [-0.1, -0.05) is 0 Å². The van der Waals surface area contributed by atoms with Crippen LogP contribution in [0.15, 0.2) is 22.7 Å². The van der Waals surface area contributed by atoms with Gasteiger partial charge in [-0.25, -0.2) is 9.18 Å². The minimum Gasteiger partial charge on any atom is -0.481 e. The largest absolute Gasteiger partial charge is 0.481 e. The second-order valence-corrected chi connectivity index (χ2v) is 5.74. The van der Waals surface area contributed by atoms with Crippen molar-refractivity contribution >= 4 is 33.7 Å². The van der Waals surface area contributed by atoms with Crippen molar-refractivity contribution in [1.29, 1.82) is 0 Å². The van der Waals surface area contributed by atoms with E-state index < -0.39 is 30.9 Å². The molecular formula is C16H20BrFN2O5. The van der Waals surface area contributed by atoms with Crippen LogP contribution < -0.4 is 10.1 Å². The van der Waals surface area contributed by atoms with E-state index >= 15 is 0 Å². The van der Waals surface area contributed by atoms with E-state index in [1.54, 1.807) is 13.8 Å². The first-order chi connectivity index (χ1) is 11.9. The van der Waals surface area contributed by atoms with E-state index in [1.807, 2.05) is 0 Å². The molecular weight excluding hydrogens is 399 g/mol. The smallest absolute Gasteiger partial charge is 0.344 e. The highest BCUT2D eigenvalue weighted by Crippen LogP contribution is 2.25. The van der Waals surface area contributed by atoms with E-state index in [-0.39, 0.29) is 18.2 Å². The number of halogens is 2. The average molecular weight is 419 g/mol. The first-order valence-electron chi connectivity index (χ1n) is 7.65. The molecule has 0 aliphatic carbocycles. The van der Waals surface area contributed by atoms with Gasteiger partial charge in [-0.05, 0) is 48.0 Å². The van der Waals surface area contributed by atoms with Crippen LogP contribution in [0.2, 0.25) is 0 Å². The summed E-state index contributed by atoms with van der Waals surface area (Å²) in [7, 11) is 0. The normalized spacial score (nSPS) is 10.1. The first-order valence-corrected chi connectivity index (χ1v) is 8.44. The predicted octanol–water partition coefficient (Wildman–Crippen LogP) is 1.49. The zero-order valence-corrected chi connectivity index (χ0v) is 15.6. The summed E-state index contributed by atoms with van der Waals surface area (Å²) in [5.74, 6) is -1.69. The van der Waals surface area contributed by atoms with Crippen LogP contribution in [0.3, 0.4) is 0 Å². The van der Waals surface area contributed by atoms with Crippen LogP contribution in [0.4, 0.5) is 4.39 Å². The van der Waals surface area contributed by atoms with Crippen molar-refractivity contribution in [2.24, 2.45) is 0 Å². The van der Waals surface area contributed by atoms with Gasteiger partial charge in [0.1, 0.15) is 11.6 Å². The van der Waals surface area contributed by atoms with E-state index in [4.69, 9.17) is 9.47 Å². The highest BCUT2D eigenvalue weighted by Gasteiger charge is 2.17. The third-order valence-corrected chi connectivity index (χ3v) is 3.66. The predicted molar refractivity (Wildman–Crippen MR) is 91.5 cm³/mol. The molecule has 0 bridgehead atoms. The molecule has 0 saturated heterocycles. The third kappa shape index (κ3) is 7.51. The van der Waals surface area contributed by atoms with Gasteiger partial charge in [0.05, 0.1) is 11.0 Å². The van der Waals surface area contributed by atoms with Gasteiger partial charge in [-0.3, -0.25) is 9.59 Å². The topological polar surface area (TPSA) is 84.9 Å². The van der Waals surface area contributed by atoms with Crippen molar-refractivity contribution in [3.05, 3.63) is 28.5 Å². The Labute approximate surface area is 153 Å². The standard InChI is InChI=1S/C16H20BrFN2O5/c1-3-19-14(21)8-20(4-2)15(22)9-25-16(23)10-24-13-6-5-11(18)7-12(13)17/h5-7H,3-4,8-10H2,1-2H3,(H,19,21). The number of amides is 2. The number of esters is 1. The van der Waals surface area contributed by atoms with E-state index in [0.717, 1.165) is 0 Å². The van der Waals surface area contributed by atoms with Crippen LogP contribution in [0.1, 0.15) is 13.8 Å². The van der Waals surface area contributed by atoms with Gasteiger partial charge in [0.15, 0.2) is 13.2 Å². The second-order valence-electron chi connectivity index (χ2n) is 4.89. The SMILES string of the molecule is CCNC(=O)CN(CC)C(=O)COC(=O)COc1ccc(F)cc1Br.